The minimum absolute atomic E-state index is 0.254. The number of carbonyl (C=O) groups is 2. The zero-order valence-corrected chi connectivity index (χ0v) is 19.2. The molecule has 1 saturated heterocycles. The van der Waals surface area contributed by atoms with E-state index in [0.717, 1.165) is 12.8 Å². The second kappa shape index (κ2) is 11.3. The van der Waals surface area contributed by atoms with Crippen molar-refractivity contribution in [2.45, 2.75) is 77.4 Å². The Hall–Kier alpha value is -2.12. The minimum Gasteiger partial charge on any atom is -0.444 e. The molecule has 5 unspecified atom stereocenters. The Labute approximate surface area is 180 Å². The van der Waals surface area contributed by atoms with Gasteiger partial charge in [-0.25, -0.2) is 4.79 Å². The number of rotatable bonds is 9. The molecule has 0 radical (unpaired) electrons. The van der Waals surface area contributed by atoms with Gasteiger partial charge in [0.2, 0.25) is 5.91 Å². The van der Waals surface area contributed by atoms with Crippen molar-refractivity contribution in [1.29, 1.82) is 0 Å². The van der Waals surface area contributed by atoms with E-state index in [1.165, 1.54) is 6.08 Å². The lowest BCUT2D eigenvalue weighted by Gasteiger charge is -2.35. The first-order valence-electron chi connectivity index (χ1n) is 10.4. The molecule has 0 aromatic heterocycles. The van der Waals surface area contributed by atoms with Gasteiger partial charge in [-0.3, -0.25) is 4.79 Å². The number of hydrogen-bond acceptors (Lipinski definition) is 5. The molecule has 7 heteroatoms. The van der Waals surface area contributed by atoms with Crippen molar-refractivity contribution in [2.24, 2.45) is 5.92 Å². The van der Waals surface area contributed by atoms with Crippen LogP contribution in [0.1, 0.15) is 47.5 Å². The van der Waals surface area contributed by atoms with Gasteiger partial charge in [0.15, 0.2) is 0 Å². The molecule has 2 N–H and O–H groups in total. The van der Waals surface area contributed by atoms with Crippen LogP contribution in [0, 0.1) is 5.92 Å². The first kappa shape index (κ1) is 25.9. The Balaban J connectivity index is 2.87. The molecule has 1 aliphatic rings. The molecule has 0 bridgehead atoms. The van der Waals surface area contributed by atoms with E-state index in [1.807, 2.05) is 20.8 Å². The van der Waals surface area contributed by atoms with Gasteiger partial charge in [0.25, 0.3) is 0 Å². The molecule has 7 nitrogen and oxygen atoms in total. The molecular formula is C23H38N2O5. The normalized spacial score (nSPS) is 21.4. The van der Waals surface area contributed by atoms with Crippen LogP contribution in [-0.4, -0.2) is 65.6 Å². The van der Waals surface area contributed by atoms with Crippen molar-refractivity contribution in [1.82, 2.24) is 10.2 Å². The number of likely N-dealkylation sites (tertiary alicyclic amines) is 1. The van der Waals surface area contributed by atoms with Gasteiger partial charge >= 0.3 is 6.09 Å². The summed E-state index contributed by atoms with van der Waals surface area (Å²) in [5.74, 6) is -0.792. The molecule has 1 heterocycles. The highest BCUT2D eigenvalue weighted by Crippen LogP contribution is 2.28. The Morgan fingerprint density at radius 2 is 1.90 bits per heavy atom. The molecule has 5 atom stereocenters. The Morgan fingerprint density at radius 3 is 2.40 bits per heavy atom. The molecule has 0 saturated carbocycles. The molecule has 0 aliphatic carbocycles. The van der Waals surface area contributed by atoms with Gasteiger partial charge in [0, 0.05) is 13.7 Å². The maximum atomic E-state index is 12.9. The van der Waals surface area contributed by atoms with Gasteiger partial charge in [-0.05, 0) is 46.1 Å². The highest BCUT2D eigenvalue weighted by molar-refractivity contribution is 5.79. The summed E-state index contributed by atoms with van der Waals surface area (Å²) in [5.41, 5.74) is -0.0240. The third-order valence-electron chi connectivity index (χ3n) is 5.22. The van der Waals surface area contributed by atoms with Crippen molar-refractivity contribution < 1.29 is 24.2 Å². The average Bonchev–Trinajstić information content (AvgIpc) is 3.14. The predicted molar refractivity (Wildman–Crippen MR) is 118 cm³/mol. The summed E-state index contributed by atoms with van der Waals surface area (Å²) in [7, 11) is 1.54. The minimum atomic E-state index is -0.914. The summed E-state index contributed by atoms with van der Waals surface area (Å²) in [6.45, 7) is 16.8. The number of allylic oxidation sites excluding steroid dienone is 2. The van der Waals surface area contributed by atoms with Crippen LogP contribution < -0.4 is 5.32 Å². The molecule has 30 heavy (non-hydrogen) atoms. The van der Waals surface area contributed by atoms with Crippen LogP contribution in [0.5, 0.6) is 0 Å². The first-order chi connectivity index (χ1) is 14.0. The van der Waals surface area contributed by atoms with E-state index in [1.54, 1.807) is 38.0 Å². The third-order valence-corrected chi connectivity index (χ3v) is 5.22. The van der Waals surface area contributed by atoms with E-state index in [9.17, 15) is 14.7 Å². The number of carbonyl (C=O) groups excluding carboxylic acids is 2. The van der Waals surface area contributed by atoms with Gasteiger partial charge < -0.3 is 24.8 Å². The number of nitrogens with one attached hydrogen (secondary N) is 1. The summed E-state index contributed by atoms with van der Waals surface area (Å²) in [4.78, 5) is 27.2. The van der Waals surface area contributed by atoms with Gasteiger partial charge in [0.1, 0.15) is 5.60 Å². The Kier molecular flexibility index (Phi) is 9.78. The standard InChI is InChI=1S/C23H38N2O5/c1-9-12-17(10-2)19(26)16(4)24-21(27)15(3)20(29-8)18-13-11-14-25(18)22(28)30-23(5,6)7/h9-10,12,15-16,18-20,26H,1-2,11,13-14H2,3-8H3,(H,24,27). The molecule has 0 aromatic carbocycles. The monoisotopic (exact) mass is 422 g/mol. The maximum Gasteiger partial charge on any atom is 0.410 e. The first-order valence-corrected chi connectivity index (χ1v) is 10.4. The average molecular weight is 423 g/mol. The zero-order valence-electron chi connectivity index (χ0n) is 19.2. The smallest absolute Gasteiger partial charge is 0.410 e. The van der Waals surface area contributed by atoms with Crippen molar-refractivity contribution in [3.63, 3.8) is 0 Å². The van der Waals surface area contributed by atoms with Crippen LogP contribution in [0.3, 0.4) is 0 Å². The van der Waals surface area contributed by atoms with E-state index in [4.69, 9.17) is 9.47 Å². The molecule has 1 rings (SSSR count). The number of nitrogens with zero attached hydrogens (tertiary/aromatic N) is 1. The number of amides is 2. The number of aliphatic hydroxyl groups excluding tert-OH is 1. The molecule has 0 spiro atoms. The number of aliphatic hydroxyl groups is 1. The van der Waals surface area contributed by atoms with Crippen LogP contribution in [-0.2, 0) is 14.3 Å². The maximum absolute atomic E-state index is 12.9. The van der Waals surface area contributed by atoms with E-state index in [-0.39, 0.29) is 11.9 Å². The molecule has 1 aliphatic heterocycles. The van der Waals surface area contributed by atoms with E-state index >= 15 is 0 Å². The van der Waals surface area contributed by atoms with Crippen molar-refractivity contribution >= 4 is 12.0 Å². The third kappa shape index (κ3) is 6.99. The lowest BCUT2D eigenvalue weighted by molar-refractivity contribution is -0.132. The van der Waals surface area contributed by atoms with Gasteiger partial charge in [-0.15, -0.1) is 0 Å². The highest BCUT2D eigenvalue weighted by Gasteiger charge is 2.41. The quantitative estimate of drug-likeness (QED) is 0.557. The van der Waals surface area contributed by atoms with Gasteiger partial charge in [0.05, 0.1) is 30.2 Å². The number of methoxy groups -OCH3 is 1. The molecule has 0 aromatic rings. The molecule has 1 fully saturated rings. The van der Waals surface area contributed by atoms with Crippen LogP contribution >= 0.6 is 0 Å². The fraction of sp³-hybridized carbons (Fsp3) is 0.652. The molecule has 170 valence electrons. The van der Waals surface area contributed by atoms with Crippen molar-refractivity contribution in [2.75, 3.05) is 13.7 Å². The van der Waals surface area contributed by atoms with Gasteiger partial charge in [-0.2, -0.15) is 0 Å². The van der Waals surface area contributed by atoms with Crippen molar-refractivity contribution in [3.05, 3.63) is 37.0 Å². The predicted octanol–water partition coefficient (Wildman–Crippen LogP) is 3.20. The fourth-order valence-corrected chi connectivity index (χ4v) is 3.67. The summed E-state index contributed by atoms with van der Waals surface area (Å²) >= 11 is 0. The van der Waals surface area contributed by atoms with E-state index in [0.29, 0.717) is 12.1 Å². The van der Waals surface area contributed by atoms with E-state index < -0.39 is 35.9 Å². The van der Waals surface area contributed by atoms with Crippen LogP contribution in [0.25, 0.3) is 0 Å². The second-order valence-corrected chi connectivity index (χ2v) is 8.72. The topological polar surface area (TPSA) is 88.1 Å². The highest BCUT2D eigenvalue weighted by atomic mass is 16.6. The number of hydrogen-bond donors (Lipinski definition) is 2. The zero-order chi connectivity index (χ0) is 23.1. The summed E-state index contributed by atoms with van der Waals surface area (Å²) in [6.07, 6.45) is 4.50. The van der Waals surface area contributed by atoms with Crippen molar-refractivity contribution in [3.8, 4) is 0 Å². The summed E-state index contributed by atoms with van der Waals surface area (Å²) in [6, 6.07) is -0.789. The van der Waals surface area contributed by atoms with E-state index in [2.05, 4.69) is 18.5 Å². The lowest BCUT2D eigenvalue weighted by Crippen LogP contribution is -2.52. The largest absolute Gasteiger partial charge is 0.444 e. The Bertz CT molecular complexity index is 652. The van der Waals surface area contributed by atoms with Crippen LogP contribution in [0.4, 0.5) is 4.79 Å². The van der Waals surface area contributed by atoms with Crippen LogP contribution in [0.2, 0.25) is 0 Å². The molecular weight excluding hydrogens is 384 g/mol. The SMILES string of the molecule is C=CC=C(C=C)C(O)C(C)NC(=O)C(C)C(OC)C1CCCN1C(=O)OC(C)(C)C. The molecule has 2 amide bonds. The second-order valence-electron chi connectivity index (χ2n) is 8.72. The fourth-order valence-electron chi connectivity index (χ4n) is 3.67. The summed E-state index contributed by atoms with van der Waals surface area (Å²) in [5, 5.41) is 13.3. The number of ether oxygens (including phenoxy) is 2. The Morgan fingerprint density at radius 1 is 1.27 bits per heavy atom. The van der Waals surface area contributed by atoms with Gasteiger partial charge in [-0.1, -0.05) is 38.3 Å². The summed E-state index contributed by atoms with van der Waals surface area (Å²) < 4.78 is 11.2. The lowest BCUT2D eigenvalue weighted by atomic mass is 9.94. The van der Waals surface area contributed by atoms with Crippen LogP contribution in [0.15, 0.2) is 37.0 Å².